The number of carbonyl (C=O) groups excluding carboxylic acids is 1. The van der Waals surface area contributed by atoms with Gasteiger partial charge in [-0.3, -0.25) is 9.52 Å². The van der Waals surface area contributed by atoms with Crippen LogP contribution in [0.2, 0.25) is 0 Å². The van der Waals surface area contributed by atoms with Crippen molar-refractivity contribution in [2.45, 2.75) is 17.9 Å². The van der Waals surface area contributed by atoms with Crippen LogP contribution in [0.25, 0.3) is 22.2 Å². The van der Waals surface area contributed by atoms with Crippen LogP contribution in [0.4, 0.5) is 5.82 Å². The number of fused-ring (bicyclic) bond motifs is 2. The molecule has 9 nitrogen and oxygen atoms in total. The van der Waals surface area contributed by atoms with Gasteiger partial charge in [0, 0.05) is 6.54 Å². The minimum atomic E-state index is -4.07. The molecule has 0 aliphatic heterocycles. The van der Waals surface area contributed by atoms with Gasteiger partial charge in [-0.25, -0.2) is 18.4 Å². The number of anilines is 1. The summed E-state index contributed by atoms with van der Waals surface area (Å²) in [7, 11) is -4.07. The predicted octanol–water partition coefficient (Wildman–Crippen LogP) is 5.00. The predicted molar refractivity (Wildman–Crippen MR) is 153 cm³/mol. The van der Waals surface area contributed by atoms with Crippen molar-refractivity contribution in [1.29, 1.82) is 0 Å². The van der Waals surface area contributed by atoms with Gasteiger partial charge in [-0.05, 0) is 48.4 Å². The third-order valence-electron chi connectivity index (χ3n) is 6.50. The Balaban J connectivity index is 1.50. The van der Waals surface area contributed by atoms with E-state index < -0.39 is 15.9 Å². The molecule has 6 aromatic rings. The third-order valence-corrected chi connectivity index (χ3v) is 7.85. The standard InChI is InChI=1S/C30H25N5O4S/c36-30(31-18-17-21-10-3-1-4-11-21)26-27-29(33-25-16-8-7-15-24(25)32-27)35(20-22-12-9-19-39-22)28(26)34-40(37,38)23-13-5-2-6-14-23/h1-16,19,34H,17-18,20H2,(H,31,36). The average Bonchev–Trinajstić information content (AvgIpc) is 3.59. The molecule has 0 spiro atoms. The maximum atomic E-state index is 13.8. The molecular weight excluding hydrogens is 526 g/mol. The number of aromatic nitrogens is 3. The molecule has 0 saturated heterocycles. The Kier molecular flexibility index (Phi) is 6.75. The van der Waals surface area contributed by atoms with Crippen molar-refractivity contribution in [2.24, 2.45) is 0 Å². The highest BCUT2D eigenvalue weighted by atomic mass is 32.2. The van der Waals surface area contributed by atoms with Gasteiger partial charge in [0.05, 0.1) is 28.7 Å². The van der Waals surface area contributed by atoms with Crippen molar-refractivity contribution >= 4 is 43.9 Å². The molecule has 0 unspecified atom stereocenters. The number of furan rings is 1. The van der Waals surface area contributed by atoms with Gasteiger partial charge >= 0.3 is 0 Å². The normalized spacial score (nSPS) is 11.6. The van der Waals surface area contributed by atoms with Crippen LogP contribution in [0.1, 0.15) is 21.7 Å². The van der Waals surface area contributed by atoms with Gasteiger partial charge in [-0.1, -0.05) is 60.7 Å². The number of hydrogen-bond acceptors (Lipinski definition) is 6. The monoisotopic (exact) mass is 551 g/mol. The summed E-state index contributed by atoms with van der Waals surface area (Å²) >= 11 is 0. The maximum absolute atomic E-state index is 13.8. The molecule has 2 N–H and O–H groups in total. The van der Waals surface area contributed by atoms with E-state index in [1.54, 1.807) is 41.0 Å². The quantitative estimate of drug-likeness (QED) is 0.261. The summed E-state index contributed by atoms with van der Waals surface area (Å²) in [6, 6.07) is 28.6. The van der Waals surface area contributed by atoms with Crippen molar-refractivity contribution in [3.05, 3.63) is 120 Å². The molecule has 0 saturated carbocycles. The fourth-order valence-corrected chi connectivity index (χ4v) is 5.67. The Bertz CT molecular complexity index is 1900. The molecule has 0 aliphatic rings. The highest BCUT2D eigenvalue weighted by Gasteiger charge is 2.29. The molecule has 3 heterocycles. The molecule has 0 bridgehead atoms. The topological polar surface area (TPSA) is 119 Å². The Morgan fingerprint density at radius 3 is 2.20 bits per heavy atom. The molecule has 0 aliphatic carbocycles. The molecule has 0 fully saturated rings. The lowest BCUT2D eigenvalue weighted by Crippen LogP contribution is -2.27. The first-order chi connectivity index (χ1) is 19.5. The van der Waals surface area contributed by atoms with Gasteiger partial charge < -0.3 is 14.3 Å². The number of carbonyl (C=O) groups is 1. The van der Waals surface area contributed by atoms with Crippen molar-refractivity contribution in [2.75, 3.05) is 11.3 Å². The number of sulfonamides is 1. The molecule has 0 atom stereocenters. The first kappa shape index (κ1) is 25.3. The zero-order valence-corrected chi connectivity index (χ0v) is 22.1. The Hall–Kier alpha value is -4.96. The van der Waals surface area contributed by atoms with Crippen LogP contribution in [0.5, 0.6) is 0 Å². The van der Waals surface area contributed by atoms with Crippen LogP contribution < -0.4 is 10.0 Å². The average molecular weight is 552 g/mol. The summed E-state index contributed by atoms with van der Waals surface area (Å²) in [5.74, 6) is 0.153. The Morgan fingerprint density at radius 1 is 0.825 bits per heavy atom. The lowest BCUT2D eigenvalue weighted by atomic mass is 10.1. The highest BCUT2D eigenvalue weighted by molar-refractivity contribution is 7.92. The third kappa shape index (κ3) is 5.04. The minimum absolute atomic E-state index is 0.0581. The van der Waals surface area contributed by atoms with Gasteiger partial charge in [0.25, 0.3) is 15.9 Å². The van der Waals surface area contributed by atoms with Crippen LogP contribution in [0, 0.1) is 0 Å². The summed E-state index contributed by atoms with van der Waals surface area (Å²) in [4.78, 5) is 23.4. The van der Waals surface area contributed by atoms with Gasteiger partial charge in [-0.2, -0.15) is 0 Å². The zero-order chi connectivity index (χ0) is 27.5. The van der Waals surface area contributed by atoms with E-state index in [9.17, 15) is 13.2 Å². The zero-order valence-electron chi connectivity index (χ0n) is 21.3. The Morgan fingerprint density at radius 2 is 1.50 bits per heavy atom. The number of para-hydroxylation sites is 2. The number of benzene rings is 3. The lowest BCUT2D eigenvalue weighted by molar-refractivity contribution is 0.0956. The molecule has 3 aromatic heterocycles. The van der Waals surface area contributed by atoms with E-state index in [2.05, 4.69) is 10.0 Å². The number of rotatable bonds is 9. The van der Waals surface area contributed by atoms with Crippen molar-refractivity contribution in [3.8, 4) is 0 Å². The van der Waals surface area contributed by atoms with Crippen LogP contribution >= 0.6 is 0 Å². The van der Waals surface area contributed by atoms with E-state index in [4.69, 9.17) is 14.4 Å². The number of nitrogens with zero attached hydrogens (tertiary/aromatic N) is 3. The number of hydrogen-bond donors (Lipinski definition) is 2. The maximum Gasteiger partial charge on any atom is 0.263 e. The van der Waals surface area contributed by atoms with E-state index in [1.165, 1.54) is 18.4 Å². The highest BCUT2D eigenvalue weighted by Crippen LogP contribution is 2.32. The van der Waals surface area contributed by atoms with E-state index in [0.717, 1.165) is 5.56 Å². The number of amides is 1. The van der Waals surface area contributed by atoms with Gasteiger partial charge in [0.2, 0.25) is 0 Å². The SMILES string of the molecule is O=C(NCCc1ccccc1)c1c(NS(=O)(=O)c2ccccc2)n(Cc2ccco2)c2nc3ccccc3nc12. The van der Waals surface area contributed by atoms with Gasteiger partial charge in [-0.15, -0.1) is 0 Å². The molecule has 0 radical (unpaired) electrons. The fourth-order valence-electron chi connectivity index (χ4n) is 4.57. The van der Waals surface area contributed by atoms with Crippen LogP contribution in [-0.2, 0) is 23.0 Å². The molecule has 3 aromatic carbocycles. The molecule has 40 heavy (non-hydrogen) atoms. The van der Waals surface area contributed by atoms with Crippen LogP contribution in [-0.4, -0.2) is 35.4 Å². The van der Waals surface area contributed by atoms with E-state index in [-0.39, 0.29) is 28.3 Å². The van der Waals surface area contributed by atoms with E-state index in [0.29, 0.717) is 35.4 Å². The van der Waals surface area contributed by atoms with Gasteiger partial charge in [0.1, 0.15) is 22.7 Å². The van der Waals surface area contributed by atoms with Crippen molar-refractivity contribution in [1.82, 2.24) is 19.9 Å². The van der Waals surface area contributed by atoms with E-state index in [1.807, 2.05) is 48.5 Å². The molecule has 6 rings (SSSR count). The first-order valence-corrected chi connectivity index (χ1v) is 14.2. The summed E-state index contributed by atoms with van der Waals surface area (Å²) in [6.07, 6.45) is 2.14. The Labute approximate surface area is 230 Å². The summed E-state index contributed by atoms with van der Waals surface area (Å²) < 4.78 is 36.9. The molecule has 1 amide bonds. The molecular formula is C30H25N5O4S. The molecule has 10 heteroatoms. The second kappa shape index (κ2) is 10.7. The second-order valence-corrected chi connectivity index (χ2v) is 10.9. The summed E-state index contributed by atoms with van der Waals surface area (Å²) in [5, 5.41) is 2.95. The summed E-state index contributed by atoms with van der Waals surface area (Å²) in [6.45, 7) is 0.472. The smallest absolute Gasteiger partial charge is 0.263 e. The fraction of sp³-hybridized carbons (Fsp3) is 0.100. The minimum Gasteiger partial charge on any atom is -0.467 e. The largest absolute Gasteiger partial charge is 0.467 e. The van der Waals surface area contributed by atoms with Crippen molar-refractivity contribution in [3.63, 3.8) is 0 Å². The summed E-state index contributed by atoms with van der Waals surface area (Å²) in [5.41, 5.74) is 3.00. The van der Waals surface area contributed by atoms with Crippen molar-refractivity contribution < 1.29 is 17.6 Å². The second-order valence-electron chi connectivity index (χ2n) is 9.18. The number of nitrogens with one attached hydrogen (secondary N) is 2. The lowest BCUT2D eigenvalue weighted by Gasteiger charge is -2.14. The van der Waals surface area contributed by atoms with Crippen LogP contribution in [0.15, 0.2) is 113 Å². The first-order valence-electron chi connectivity index (χ1n) is 12.7. The van der Waals surface area contributed by atoms with Crippen LogP contribution in [0.3, 0.4) is 0 Å². The van der Waals surface area contributed by atoms with E-state index >= 15 is 0 Å². The van der Waals surface area contributed by atoms with Gasteiger partial charge in [0.15, 0.2) is 5.65 Å². The molecule has 200 valence electrons.